The number of rotatable bonds is 1. The Kier molecular flexibility index (Phi) is 3.93. The van der Waals surface area contributed by atoms with Gasteiger partial charge in [-0.25, -0.2) is 4.99 Å². The molecule has 0 amide bonds. The zero-order valence-corrected chi connectivity index (χ0v) is 8.79. The Morgan fingerprint density at radius 3 is 2.50 bits per heavy atom. The second-order valence-electron chi connectivity index (χ2n) is 3.35. The van der Waals surface area contributed by atoms with Crippen LogP contribution in [0.1, 0.15) is 19.3 Å². The molecule has 6 heteroatoms. The molecule has 1 fully saturated rings. The van der Waals surface area contributed by atoms with E-state index >= 15 is 0 Å². The van der Waals surface area contributed by atoms with Crippen molar-refractivity contribution in [3.05, 3.63) is 0 Å². The molecule has 1 rings (SSSR count). The highest BCUT2D eigenvalue weighted by Crippen LogP contribution is 2.41. The molecule has 1 aliphatic rings. The Hall–Kier alpha value is -0.120. The van der Waals surface area contributed by atoms with Crippen LogP contribution in [0.25, 0.3) is 0 Å². The lowest BCUT2D eigenvalue weighted by molar-refractivity contribution is -0.181. The fourth-order valence-corrected chi connectivity index (χ4v) is 2.16. The predicted octanol–water partition coefficient (Wildman–Crippen LogP) is 3.43. The zero-order valence-electron chi connectivity index (χ0n) is 7.22. The van der Waals surface area contributed by atoms with Crippen molar-refractivity contribution in [3.63, 3.8) is 0 Å². The molecular formula is C8H9ClF3NS. The Morgan fingerprint density at radius 2 is 2.00 bits per heavy atom. The number of nitrogens with zero attached hydrogens (tertiary/aromatic N) is 1. The molecule has 3 unspecified atom stereocenters. The molecule has 0 spiro atoms. The van der Waals surface area contributed by atoms with Gasteiger partial charge in [0.2, 0.25) is 0 Å². The summed E-state index contributed by atoms with van der Waals surface area (Å²) in [6, 6.07) is -0.367. The summed E-state index contributed by atoms with van der Waals surface area (Å²) in [5.41, 5.74) is 0. The lowest BCUT2D eigenvalue weighted by Crippen LogP contribution is -2.37. The molecule has 0 aromatic carbocycles. The van der Waals surface area contributed by atoms with Crippen molar-refractivity contribution in [2.24, 2.45) is 10.9 Å². The minimum atomic E-state index is -4.23. The fourth-order valence-electron chi connectivity index (χ4n) is 1.64. The van der Waals surface area contributed by atoms with Crippen molar-refractivity contribution in [1.29, 1.82) is 0 Å². The van der Waals surface area contributed by atoms with E-state index in [1.165, 1.54) is 0 Å². The van der Waals surface area contributed by atoms with Gasteiger partial charge in [-0.2, -0.15) is 13.2 Å². The smallest absolute Gasteiger partial charge is 0.229 e. The number of hydrogen-bond donors (Lipinski definition) is 0. The summed E-state index contributed by atoms with van der Waals surface area (Å²) in [5, 5.41) is 1.29. The molecular weight excluding hydrogens is 235 g/mol. The monoisotopic (exact) mass is 243 g/mol. The van der Waals surface area contributed by atoms with Gasteiger partial charge in [-0.3, -0.25) is 0 Å². The summed E-state index contributed by atoms with van der Waals surface area (Å²) in [6.07, 6.45) is -3.41. The molecule has 0 N–H and O–H groups in total. The van der Waals surface area contributed by atoms with E-state index in [1.54, 1.807) is 0 Å². The number of hydrogen-bond acceptors (Lipinski definition) is 2. The normalized spacial score (nSPS) is 33.6. The highest BCUT2D eigenvalue weighted by atomic mass is 35.5. The van der Waals surface area contributed by atoms with Crippen LogP contribution in [-0.2, 0) is 0 Å². The van der Waals surface area contributed by atoms with E-state index in [1.807, 2.05) is 0 Å². The first-order chi connectivity index (χ1) is 6.45. The maximum Gasteiger partial charge on any atom is 0.393 e. The molecule has 1 saturated carbocycles. The summed E-state index contributed by atoms with van der Waals surface area (Å²) >= 11 is 9.99. The van der Waals surface area contributed by atoms with Crippen LogP contribution in [0.5, 0.6) is 0 Å². The van der Waals surface area contributed by atoms with E-state index in [9.17, 15) is 13.2 Å². The minimum Gasteiger partial charge on any atom is -0.229 e. The number of halogens is 4. The van der Waals surface area contributed by atoms with Gasteiger partial charge in [-0.1, -0.05) is 0 Å². The summed E-state index contributed by atoms with van der Waals surface area (Å²) in [7, 11) is 0. The van der Waals surface area contributed by atoms with E-state index in [-0.39, 0.29) is 12.5 Å². The van der Waals surface area contributed by atoms with Crippen molar-refractivity contribution >= 4 is 29.0 Å². The molecule has 3 atom stereocenters. The van der Waals surface area contributed by atoms with Crippen LogP contribution < -0.4 is 0 Å². The Bertz CT molecular complexity index is 249. The predicted molar refractivity (Wildman–Crippen MR) is 51.9 cm³/mol. The highest BCUT2D eigenvalue weighted by molar-refractivity contribution is 7.78. The van der Waals surface area contributed by atoms with Crippen LogP contribution in [-0.4, -0.2) is 22.8 Å². The van der Waals surface area contributed by atoms with Crippen molar-refractivity contribution in [3.8, 4) is 0 Å². The molecule has 0 bridgehead atoms. The molecule has 0 saturated heterocycles. The van der Waals surface area contributed by atoms with E-state index in [2.05, 4.69) is 22.4 Å². The van der Waals surface area contributed by atoms with Gasteiger partial charge in [-0.05, 0) is 31.5 Å². The molecule has 0 aromatic rings. The maximum absolute atomic E-state index is 12.4. The zero-order chi connectivity index (χ0) is 10.8. The number of alkyl halides is 4. The Balaban J connectivity index is 2.69. The van der Waals surface area contributed by atoms with Gasteiger partial charge < -0.3 is 0 Å². The van der Waals surface area contributed by atoms with Crippen LogP contribution >= 0.6 is 23.8 Å². The largest absolute Gasteiger partial charge is 0.393 e. The van der Waals surface area contributed by atoms with Crippen molar-refractivity contribution in [1.82, 2.24) is 0 Å². The van der Waals surface area contributed by atoms with E-state index < -0.39 is 17.5 Å². The van der Waals surface area contributed by atoms with Crippen molar-refractivity contribution in [2.75, 3.05) is 0 Å². The average molecular weight is 244 g/mol. The SMILES string of the molecule is FC(F)(F)C1CC(N=C=S)CCC1Cl. The minimum absolute atomic E-state index is 0.0681. The van der Waals surface area contributed by atoms with Gasteiger partial charge in [-0.15, -0.1) is 11.6 Å². The van der Waals surface area contributed by atoms with Crippen molar-refractivity contribution < 1.29 is 13.2 Å². The van der Waals surface area contributed by atoms with E-state index in [0.29, 0.717) is 12.8 Å². The second-order valence-corrected chi connectivity index (χ2v) is 4.09. The lowest BCUT2D eigenvalue weighted by Gasteiger charge is -2.31. The third-order valence-electron chi connectivity index (χ3n) is 2.39. The molecule has 14 heavy (non-hydrogen) atoms. The van der Waals surface area contributed by atoms with Gasteiger partial charge in [0.25, 0.3) is 0 Å². The summed E-state index contributed by atoms with van der Waals surface area (Å²) in [4.78, 5) is 3.69. The van der Waals surface area contributed by atoms with Gasteiger partial charge in [0.1, 0.15) is 0 Å². The van der Waals surface area contributed by atoms with Crippen LogP contribution in [0.3, 0.4) is 0 Å². The third-order valence-corrected chi connectivity index (χ3v) is 3.02. The Labute approximate surface area is 90.3 Å². The maximum atomic E-state index is 12.4. The molecule has 1 aliphatic carbocycles. The first-order valence-corrected chi connectivity index (χ1v) is 5.07. The summed E-state index contributed by atoms with van der Waals surface area (Å²) in [6.45, 7) is 0. The van der Waals surface area contributed by atoms with E-state index in [0.717, 1.165) is 0 Å². The number of isothiocyanates is 1. The molecule has 0 radical (unpaired) electrons. The molecule has 80 valence electrons. The molecule has 1 nitrogen and oxygen atoms in total. The highest BCUT2D eigenvalue weighted by Gasteiger charge is 2.47. The molecule has 0 heterocycles. The van der Waals surface area contributed by atoms with Gasteiger partial charge in [0, 0.05) is 5.38 Å². The van der Waals surface area contributed by atoms with Crippen LogP contribution in [0.15, 0.2) is 4.99 Å². The number of aliphatic imine (C=N–C) groups is 1. The van der Waals surface area contributed by atoms with Gasteiger partial charge in [0.05, 0.1) is 17.1 Å². The van der Waals surface area contributed by atoms with Crippen molar-refractivity contribution in [2.45, 2.75) is 36.9 Å². The van der Waals surface area contributed by atoms with Gasteiger partial charge in [0.15, 0.2) is 0 Å². The van der Waals surface area contributed by atoms with Crippen LogP contribution in [0, 0.1) is 5.92 Å². The third kappa shape index (κ3) is 2.94. The average Bonchev–Trinajstić information content (AvgIpc) is 2.07. The summed E-state index contributed by atoms with van der Waals surface area (Å²) in [5.74, 6) is -1.46. The second kappa shape index (κ2) is 4.60. The lowest BCUT2D eigenvalue weighted by atomic mass is 9.85. The van der Waals surface area contributed by atoms with E-state index in [4.69, 9.17) is 11.6 Å². The first kappa shape index (κ1) is 12.0. The standard InChI is InChI=1S/C8H9ClF3NS/c9-7-2-1-5(13-4-14)3-6(7)8(10,11)12/h5-7H,1-3H2. The number of thiocarbonyl (C=S) groups is 1. The first-order valence-electron chi connectivity index (χ1n) is 4.23. The molecule has 0 aromatic heterocycles. The van der Waals surface area contributed by atoms with Gasteiger partial charge >= 0.3 is 6.18 Å². The molecule has 0 aliphatic heterocycles. The van der Waals surface area contributed by atoms with Crippen LogP contribution in [0.4, 0.5) is 13.2 Å². The summed E-state index contributed by atoms with van der Waals surface area (Å²) < 4.78 is 37.3. The fraction of sp³-hybridized carbons (Fsp3) is 0.875. The topological polar surface area (TPSA) is 12.4 Å². The Morgan fingerprint density at radius 1 is 1.36 bits per heavy atom. The van der Waals surface area contributed by atoms with Crippen LogP contribution in [0.2, 0.25) is 0 Å². The quantitative estimate of drug-likeness (QED) is 0.391.